The Labute approximate surface area is 129 Å². The van der Waals surface area contributed by atoms with E-state index in [1.807, 2.05) is 18.1 Å². The van der Waals surface area contributed by atoms with Crippen LogP contribution in [0, 0.1) is 18.3 Å². The molecule has 5 nitrogen and oxygen atoms in total. The summed E-state index contributed by atoms with van der Waals surface area (Å²) in [5.74, 6) is -1.50. The largest absolute Gasteiger partial charge is 0.433 e. The average Bonchev–Trinajstić information content (AvgIpc) is 2.90. The van der Waals surface area contributed by atoms with E-state index in [0.29, 0.717) is 5.56 Å². The number of aromatic nitrogens is 2. The van der Waals surface area contributed by atoms with Crippen LogP contribution >= 0.6 is 0 Å². The monoisotopic (exact) mass is 320 g/mol. The molecule has 1 aliphatic rings. The first-order chi connectivity index (χ1) is 10.8. The SMILES string of the molecule is Cc1ccc(C2C(C#N)=C(N)Oc3n[nH]c(C(F)(F)F)c32)cc1. The molecule has 3 N–H and O–H groups in total. The quantitative estimate of drug-likeness (QED) is 0.845. The summed E-state index contributed by atoms with van der Waals surface area (Å²) >= 11 is 0. The van der Waals surface area contributed by atoms with Crippen LogP contribution < -0.4 is 10.5 Å². The number of aromatic amines is 1. The summed E-state index contributed by atoms with van der Waals surface area (Å²) in [7, 11) is 0. The molecule has 1 atom stereocenters. The van der Waals surface area contributed by atoms with E-state index in [4.69, 9.17) is 10.5 Å². The molecular formula is C15H11F3N4O. The fraction of sp³-hybridized carbons (Fsp3) is 0.200. The van der Waals surface area contributed by atoms with Gasteiger partial charge in [0.2, 0.25) is 11.8 Å². The van der Waals surface area contributed by atoms with Crippen LogP contribution in [0.15, 0.2) is 35.7 Å². The molecule has 2 heterocycles. The minimum atomic E-state index is -4.65. The molecule has 3 rings (SSSR count). The highest BCUT2D eigenvalue weighted by Gasteiger charge is 2.44. The first-order valence-corrected chi connectivity index (χ1v) is 6.62. The summed E-state index contributed by atoms with van der Waals surface area (Å²) < 4.78 is 44.8. The molecule has 1 unspecified atom stereocenters. The number of nitriles is 1. The van der Waals surface area contributed by atoms with Crippen LogP contribution in [0.2, 0.25) is 0 Å². The van der Waals surface area contributed by atoms with Gasteiger partial charge in [0.25, 0.3) is 0 Å². The van der Waals surface area contributed by atoms with Crippen LogP contribution in [-0.4, -0.2) is 10.2 Å². The molecule has 0 aliphatic carbocycles. The van der Waals surface area contributed by atoms with Gasteiger partial charge in [-0.05, 0) is 12.5 Å². The number of alkyl halides is 3. The number of hydrogen-bond acceptors (Lipinski definition) is 4. The number of aryl methyl sites for hydroxylation is 1. The normalized spacial score (nSPS) is 17.4. The number of H-pyrrole nitrogens is 1. The van der Waals surface area contributed by atoms with Crippen molar-refractivity contribution in [3.63, 3.8) is 0 Å². The van der Waals surface area contributed by atoms with Crippen LogP contribution in [0.5, 0.6) is 5.88 Å². The summed E-state index contributed by atoms with van der Waals surface area (Å²) in [6.45, 7) is 1.85. The minimum absolute atomic E-state index is 0.0757. The highest BCUT2D eigenvalue weighted by atomic mass is 19.4. The van der Waals surface area contributed by atoms with Crippen LogP contribution in [-0.2, 0) is 6.18 Å². The molecule has 0 fully saturated rings. The average molecular weight is 320 g/mol. The maximum absolute atomic E-state index is 13.2. The molecule has 8 heteroatoms. The number of fused-ring (bicyclic) bond motifs is 1. The molecule has 0 radical (unpaired) electrons. The molecule has 23 heavy (non-hydrogen) atoms. The summed E-state index contributed by atoms with van der Waals surface area (Å²) in [5.41, 5.74) is 5.78. The van der Waals surface area contributed by atoms with Crippen molar-refractivity contribution in [1.29, 1.82) is 5.26 Å². The zero-order chi connectivity index (χ0) is 16.8. The predicted octanol–water partition coefficient (Wildman–Crippen LogP) is 2.96. The van der Waals surface area contributed by atoms with Crippen LogP contribution in [0.1, 0.15) is 28.3 Å². The van der Waals surface area contributed by atoms with Crippen molar-refractivity contribution in [2.24, 2.45) is 5.73 Å². The van der Waals surface area contributed by atoms with E-state index < -0.39 is 17.8 Å². The van der Waals surface area contributed by atoms with Gasteiger partial charge in [-0.15, -0.1) is 5.10 Å². The van der Waals surface area contributed by atoms with Crippen LogP contribution in [0.4, 0.5) is 13.2 Å². The maximum atomic E-state index is 13.2. The van der Waals surface area contributed by atoms with Crippen molar-refractivity contribution >= 4 is 0 Å². The second-order valence-electron chi connectivity index (χ2n) is 5.15. The lowest BCUT2D eigenvalue weighted by atomic mass is 9.83. The van der Waals surface area contributed by atoms with Crippen molar-refractivity contribution < 1.29 is 17.9 Å². The highest BCUT2D eigenvalue weighted by molar-refractivity contribution is 5.55. The summed E-state index contributed by atoms with van der Waals surface area (Å²) in [5, 5.41) is 14.8. The Balaban J connectivity index is 2.26. The van der Waals surface area contributed by atoms with Gasteiger partial charge in [0, 0.05) is 0 Å². The Kier molecular flexibility index (Phi) is 3.29. The van der Waals surface area contributed by atoms with Crippen molar-refractivity contribution in [1.82, 2.24) is 10.2 Å². The Morgan fingerprint density at radius 3 is 2.52 bits per heavy atom. The van der Waals surface area contributed by atoms with E-state index in [2.05, 4.69) is 5.10 Å². The topological polar surface area (TPSA) is 87.7 Å². The molecule has 0 amide bonds. The van der Waals surface area contributed by atoms with Gasteiger partial charge in [-0.25, -0.2) is 0 Å². The first-order valence-electron chi connectivity index (χ1n) is 6.62. The van der Waals surface area contributed by atoms with E-state index in [9.17, 15) is 18.4 Å². The van der Waals surface area contributed by atoms with E-state index in [0.717, 1.165) is 5.56 Å². The third-order valence-corrected chi connectivity index (χ3v) is 3.63. The Morgan fingerprint density at radius 2 is 1.96 bits per heavy atom. The van der Waals surface area contributed by atoms with Gasteiger partial charge in [0.15, 0.2) is 0 Å². The second-order valence-corrected chi connectivity index (χ2v) is 5.15. The van der Waals surface area contributed by atoms with E-state index in [-0.39, 0.29) is 22.9 Å². The van der Waals surface area contributed by atoms with Crippen LogP contribution in [0.25, 0.3) is 0 Å². The van der Waals surface area contributed by atoms with Crippen LogP contribution in [0.3, 0.4) is 0 Å². The zero-order valence-corrected chi connectivity index (χ0v) is 11.9. The summed E-state index contributed by atoms with van der Waals surface area (Å²) in [4.78, 5) is 0. The fourth-order valence-corrected chi connectivity index (χ4v) is 2.55. The number of nitrogens with zero attached hydrogens (tertiary/aromatic N) is 2. The van der Waals surface area contributed by atoms with Crippen molar-refractivity contribution in [3.8, 4) is 11.9 Å². The molecule has 1 aromatic heterocycles. The number of benzene rings is 1. The molecule has 118 valence electrons. The third-order valence-electron chi connectivity index (χ3n) is 3.63. The maximum Gasteiger partial charge on any atom is 0.433 e. The minimum Gasteiger partial charge on any atom is -0.420 e. The lowest BCUT2D eigenvalue weighted by Gasteiger charge is -2.24. The van der Waals surface area contributed by atoms with Gasteiger partial charge in [-0.2, -0.15) is 18.4 Å². The van der Waals surface area contributed by atoms with Gasteiger partial charge in [-0.1, -0.05) is 29.8 Å². The predicted molar refractivity (Wildman–Crippen MR) is 74.1 cm³/mol. The van der Waals surface area contributed by atoms with E-state index in [1.54, 1.807) is 24.3 Å². The third kappa shape index (κ3) is 2.40. The molecule has 0 saturated heterocycles. The number of allylic oxidation sites excluding steroid dienone is 1. The smallest absolute Gasteiger partial charge is 0.420 e. The molecule has 0 spiro atoms. The molecule has 2 aromatic rings. The lowest BCUT2D eigenvalue weighted by Crippen LogP contribution is -2.22. The van der Waals surface area contributed by atoms with Gasteiger partial charge < -0.3 is 10.5 Å². The van der Waals surface area contributed by atoms with Crippen molar-refractivity contribution in [3.05, 3.63) is 58.1 Å². The standard InChI is InChI=1S/C15H11F3N4O/c1-7-2-4-8(5-3-7)10-9(6-19)13(20)23-14-11(10)12(21-22-14)15(16,17)18/h2-5,10H,20H2,1H3,(H,21,22). The zero-order valence-electron chi connectivity index (χ0n) is 11.9. The second kappa shape index (κ2) is 5.05. The first kappa shape index (κ1) is 15.0. The Morgan fingerprint density at radius 1 is 1.30 bits per heavy atom. The number of rotatable bonds is 1. The number of nitrogens with one attached hydrogen (secondary N) is 1. The number of nitrogens with two attached hydrogens (primary N) is 1. The molecule has 0 bridgehead atoms. The molecule has 0 saturated carbocycles. The van der Waals surface area contributed by atoms with E-state index >= 15 is 0 Å². The number of halogens is 3. The van der Waals surface area contributed by atoms with E-state index in [1.165, 1.54) is 0 Å². The summed E-state index contributed by atoms with van der Waals surface area (Å²) in [6.07, 6.45) is -4.65. The number of hydrogen-bond donors (Lipinski definition) is 2. The fourth-order valence-electron chi connectivity index (χ4n) is 2.55. The van der Waals surface area contributed by atoms with Gasteiger partial charge in [-0.3, -0.25) is 5.10 Å². The summed E-state index contributed by atoms with van der Waals surface area (Å²) in [6, 6.07) is 8.67. The van der Waals surface area contributed by atoms with Gasteiger partial charge >= 0.3 is 6.18 Å². The van der Waals surface area contributed by atoms with Crippen molar-refractivity contribution in [2.45, 2.75) is 19.0 Å². The lowest BCUT2D eigenvalue weighted by molar-refractivity contribution is -0.141. The van der Waals surface area contributed by atoms with Crippen molar-refractivity contribution in [2.75, 3.05) is 0 Å². The molecule has 1 aliphatic heterocycles. The van der Waals surface area contributed by atoms with Gasteiger partial charge in [0.1, 0.15) is 17.3 Å². The molecular weight excluding hydrogens is 309 g/mol. The van der Waals surface area contributed by atoms with Gasteiger partial charge in [0.05, 0.1) is 11.5 Å². The molecule has 1 aromatic carbocycles. The highest BCUT2D eigenvalue weighted by Crippen LogP contribution is 2.46. The number of ether oxygens (including phenoxy) is 1. The Bertz CT molecular complexity index is 828. The Hall–Kier alpha value is -2.95.